The molecule has 0 aromatic heterocycles. The molecule has 6 heteroatoms. The molecule has 1 atom stereocenters. The van der Waals surface area contributed by atoms with E-state index in [4.69, 9.17) is 9.47 Å². The van der Waals surface area contributed by atoms with Gasteiger partial charge in [-0.3, -0.25) is 9.59 Å². The molecule has 1 aliphatic rings. The molecule has 2 aromatic rings. The number of aryl methyl sites for hydroxylation is 1. The van der Waals surface area contributed by atoms with E-state index in [2.05, 4.69) is 5.32 Å². The average molecular weight is 453 g/mol. The summed E-state index contributed by atoms with van der Waals surface area (Å²) in [6.45, 7) is 4.65. The number of rotatable bonds is 11. The Kier molecular flexibility index (Phi) is 9.16. The second-order valence-corrected chi connectivity index (χ2v) is 8.80. The molecule has 0 bridgehead atoms. The lowest BCUT2D eigenvalue weighted by Gasteiger charge is -2.30. The molecule has 0 spiro atoms. The number of hydrogen-bond donors (Lipinski definition) is 1. The molecule has 0 aliphatic heterocycles. The highest BCUT2D eigenvalue weighted by Gasteiger charge is 2.28. The van der Waals surface area contributed by atoms with Crippen LogP contribution in [0.5, 0.6) is 11.5 Å². The second kappa shape index (κ2) is 12.3. The van der Waals surface area contributed by atoms with Crippen molar-refractivity contribution in [2.45, 2.75) is 71.0 Å². The van der Waals surface area contributed by atoms with Gasteiger partial charge >= 0.3 is 0 Å². The van der Waals surface area contributed by atoms with Crippen molar-refractivity contribution >= 4 is 11.8 Å². The molecule has 1 saturated carbocycles. The molecule has 2 amide bonds. The number of methoxy groups -OCH3 is 1. The number of hydrogen-bond acceptors (Lipinski definition) is 4. The molecule has 1 N–H and O–H groups in total. The van der Waals surface area contributed by atoms with Gasteiger partial charge in [0.05, 0.1) is 13.7 Å². The highest BCUT2D eigenvalue weighted by Crippen LogP contribution is 2.20. The fourth-order valence-electron chi connectivity index (χ4n) is 4.13. The zero-order valence-electron chi connectivity index (χ0n) is 20.0. The average Bonchev–Trinajstić information content (AvgIpc) is 3.34. The summed E-state index contributed by atoms with van der Waals surface area (Å²) in [5.41, 5.74) is 2.11. The van der Waals surface area contributed by atoms with E-state index < -0.39 is 6.04 Å². The van der Waals surface area contributed by atoms with Crippen LogP contribution in [0.2, 0.25) is 0 Å². The number of amides is 2. The fraction of sp³-hybridized carbons (Fsp3) is 0.481. The molecule has 0 heterocycles. The molecule has 1 aliphatic carbocycles. The minimum atomic E-state index is -0.553. The maximum Gasteiger partial charge on any atom is 0.242 e. The molecule has 0 saturated heterocycles. The van der Waals surface area contributed by atoms with Gasteiger partial charge in [0.25, 0.3) is 0 Å². The highest BCUT2D eigenvalue weighted by atomic mass is 16.5. The molecule has 178 valence electrons. The summed E-state index contributed by atoms with van der Waals surface area (Å²) in [6, 6.07) is 15.2. The van der Waals surface area contributed by atoms with Crippen molar-refractivity contribution in [3.8, 4) is 11.5 Å². The number of nitrogens with one attached hydrogen (secondary N) is 1. The smallest absolute Gasteiger partial charge is 0.242 e. The lowest BCUT2D eigenvalue weighted by molar-refractivity contribution is -0.141. The molecule has 2 aromatic carbocycles. The maximum atomic E-state index is 13.2. The summed E-state index contributed by atoms with van der Waals surface area (Å²) < 4.78 is 11.1. The van der Waals surface area contributed by atoms with Gasteiger partial charge in [-0.25, -0.2) is 0 Å². The number of carbonyl (C=O) groups is 2. The lowest BCUT2D eigenvalue weighted by Crippen LogP contribution is -2.49. The van der Waals surface area contributed by atoms with Gasteiger partial charge in [0.1, 0.15) is 17.5 Å². The van der Waals surface area contributed by atoms with E-state index in [-0.39, 0.29) is 17.9 Å². The van der Waals surface area contributed by atoms with E-state index in [1.54, 1.807) is 12.0 Å². The Bertz CT molecular complexity index is 907. The van der Waals surface area contributed by atoms with E-state index in [1.165, 1.54) is 5.56 Å². The first kappa shape index (κ1) is 24.6. The molecule has 3 rings (SSSR count). The number of benzene rings is 2. The van der Waals surface area contributed by atoms with Gasteiger partial charge in [-0.15, -0.1) is 0 Å². The summed E-state index contributed by atoms with van der Waals surface area (Å²) >= 11 is 0. The monoisotopic (exact) mass is 452 g/mol. The third-order valence-corrected chi connectivity index (χ3v) is 6.18. The van der Waals surface area contributed by atoms with E-state index >= 15 is 0 Å². The summed E-state index contributed by atoms with van der Waals surface area (Å²) in [6.07, 6.45) is 5.21. The Labute approximate surface area is 197 Å². The van der Waals surface area contributed by atoms with E-state index in [9.17, 15) is 9.59 Å². The molecule has 33 heavy (non-hydrogen) atoms. The van der Waals surface area contributed by atoms with Crippen molar-refractivity contribution in [1.29, 1.82) is 0 Å². The number of nitrogens with zero attached hydrogens (tertiary/aromatic N) is 1. The standard InChI is InChI=1S/C27H36N2O4/c1-20-13-15-24(16-14-20)33-17-7-12-26(30)29(19-22-8-6-11-25(18-22)32-3)21(2)27(31)28-23-9-4-5-10-23/h6,8,11,13-16,18,21,23H,4-5,7,9-10,12,17,19H2,1-3H3,(H,28,31)/t21-/m0/s1. The van der Waals surface area contributed by atoms with Crippen LogP contribution in [0.25, 0.3) is 0 Å². The predicted molar refractivity (Wildman–Crippen MR) is 129 cm³/mol. The van der Waals surface area contributed by atoms with Gasteiger partial charge < -0.3 is 19.7 Å². The van der Waals surface area contributed by atoms with Crippen molar-refractivity contribution in [2.75, 3.05) is 13.7 Å². The van der Waals surface area contributed by atoms with Crippen molar-refractivity contribution < 1.29 is 19.1 Å². The Morgan fingerprint density at radius 1 is 1.09 bits per heavy atom. The van der Waals surface area contributed by atoms with Crippen molar-refractivity contribution in [2.24, 2.45) is 0 Å². The van der Waals surface area contributed by atoms with Gasteiger partial charge in [0.2, 0.25) is 11.8 Å². The second-order valence-electron chi connectivity index (χ2n) is 8.80. The Balaban J connectivity index is 1.61. The Morgan fingerprint density at radius 2 is 1.82 bits per heavy atom. The van der Waals surface area contributed by atoms with Crippen LogP contribution in [-0.4, -0.2) is 42.5 Å². The largest absolute Gasteiger partial charge is 0.497 e. The quantitative estimate of drug-likeness (QED) is 0.505. The molecular weight excluding hydrogens is 416 g/mol. The summed E-state index contributed by atoms with van der Waals surface area (Å²) in [5, 5.41) is 3.13. The fourth-order valence-corrected chi connectivity index (χ4v) is 4.13. The van der Waals surface area contributed by atoms with Crippen LogP contribution < -0.4 is 14.8 Å². The third-order valence-electron chi connectivity index (χ3n) is 6.18. The van der Waals surface area contributed by atoms with Gasteiger partial charge in [-0.2, -0.15) is 0 Å². The summed E-state index contributed by atoms with van der Waals surface area (Å²) in [4.78, 5) is 27.8. The van der Waals surface area contributed by atoms with Crippen LogP contribution in [-0.2, 0) is 16.1 Å². The van der Waals surface area contributed by atoms with Crippen LogP contribution in [0.15, 0.2) is 48.5 Å². The molecular formula is C27H36N2O4. The topological polar surface area (TPSA) is 67.9 Å². The summed E-state index contributed by atoms with van der Waals surface area (Å²) in [5.74, 6) is 1.38. The Morgan fingerprint density at radius 3 is 2.52 bits per heavy atom. The predicted octanol–water partition coefficient (Wildman–Crippen LogP) is 4.64. The minimum absolute atomic E-state index is 0.0561. The van der Waals surface area contributed by atoms with E-state index in [0.29, 0.717) is 26.0 Å². The molecule has 0 radical (unpaired) electrons. The summed E-state index contributed by atoms with van der Waals surface area (Å²) in [7, 11) is 1.62. The molecule has 0 unspecified atom stereocenters. The van der Waals surface area contributed by atoms with Crippen molar-refractivity contribution in [3.63, 3.8) is 0 Å². The SMILES string of the molecule is COc1cccc(CN(C(=O)CCCOc2ccc(C)cc2)[C@@H](C)C(=O)NC2CCCC2)c1. The van der Waals surface area contributed by atoms with Gasteiger partial charge in [0, 0.05) is 19.0 Å². The van der Waals surface area contributed by atoms with Crippen LogP contribution in [0.3, 0.4) is 0 Å². The van der Waals surface area contributed by atoms with Gasteiger partial charge in [-0.1, -0.05) is 42.7 Å². The number of carbonyl (C=O) groups excluding carboxylic acids is 2. The minimum Gasteiger partial charge on any atom is -0.497 e. The zero-order valence-corrected chi connectivity index (χ0v) is 20.0. The number of ether oxygens (including phenoxy) is 2. The van der Waals surface area contributed by atoms with Gasteiger partial charge in [0.15, 0.2) is 0 Å². The first-order valence-corrected chi connectivity index (χ1v) is 11.9. The normalized spacial score (nSPS) is 14.5. The first-order valence-electron chi connectivity index (χ1n) is 11.9. The highest BCUT2D eigenvalue weighted by molar-refractivity contribution is 5.87. The molecule has 6 nitrogen and oxygen atoms in total. The van der Waals surface area contributed by atoms with Crippen LogP contribution in [0, 0.1) is 6.92 Å². The van der Waals surface area contributed by atoms with Gasteiger partial charge in [-0.05, 0) is 62.9 Å². The first-order chi connectivity index (χ1) is 16.0. The van der Waals surface area contributed by atoms with Crippen LogP contribution >= 0.6 is 0 Å². The zero-order chi connectivity index (χ0) is 23.6. The van der Waals surface area contributed by atoms with Crippen LogP contribution in [0.1, 0.15) is 56.6 Å². The Hall–Kier alpha value is -3.02. The molecule has 1 fully saturated rings. The van der Waals surface area contributed by atoms with Crippen molar-refractivity contribution in [1.82, 2.24) is 10.2 Å². The van der Waals surface area contributed by atoms with E-state index in [0.717, 1.165) is 42.7 Å². The third kappa shape index (κ3) is 7.52. The lowest BCUT2D eigenvalue weighted by atomic mass is 10.1. The van der Waals surface area contributed by atoms with Crippen LogP contribution in [0.4, 0.5) is 0 Å². The van der Waals surface area contributed by atoms with E-state index in [1.807, 2.05) is 62.4 Å². The van der Waals surface area contributed by atoms with Crippen molar-refractivity contribution in [3.05, 3.63) is 59.7 Å². The maximum absolute atomic E-state index is 13.2.